The molecule has 16 heavy (non-hydrogen) atoms. The van der Waals surface area contributed by atoms with E-state index in [4.69, 9.17) is 16.7 Å². The molecule has 0 atom stereocenters. The van der Waals surface area contributed by atoms with Gasteiger partial charge >= 0.3 is 0 Å². The summed E-state index contributed by atoms with van der Waals surface area (Å²) in [6.07, 6.45) is 0. The molecule has 0 saturated heterocycles. The van der Waals surface area contributed by atoms with Crippen LogP contribution in [0.1, 0.15) is 11.1 Å². The van der Waals surface area contributed by atoms with Crippen LogP contribution in [-0.4, -0.2) is 20.7 Å². The van der Waals surface area contributed by atoms with Crippen LogP contribution in [0, 0.1) is 6.92 Å². The van der Waals surface area contributed by atoms with Crippen LogP contribution in [0.25, 0.3) is 0 Å². The highest BCUT2D eigenvalue weighted by molar-refractivity contribution is 7.89. The van der Waals surface area contributed by atoms with E-state index < -0.39 is 10.0 Å². The first-order valence-corrected chi connectivity index (χ1v) is 6.94. The molecule has 1 rings (SSSR count). The molecule has 0 spiro atoms. The van der Waals surface area contributed by atoms with E-state index in [1.54, 1.807) is 0 Å². The Morgan fingerprint density at radius 2 is 2.12 bits per heavy atom. The molecule has 1 aromatic rings. The van der Waals surface area contributed by atoms with Crippen LogP contribution in [0.5, 0.6) is 0 Å². The monoisotopic (exact) mass is 262 g/mol. The zero-order valence-electron chi connectivity index (χ0n) is 9.03. The first-order chi connectivity index (χ1) is 7.38. The first-order valence-electron chi connectivity index (χ1n) is 4.85. The van der Waals surface area contributed by atoms with Crippen LogP contribution in [0.4, 0.5) is 0 Å². The molecule has 0 saturated carbocycles. The lowest BCUT2D eigenvalue weighted by atomic mass is 10.1. The average molecular weight is 263 g/mol. The summed E-state index contributed by atoms with van der Waals surface area (Å²) in [5.74, 6) is -0.0629. The number of nitrogens with two attached hydrogens (primary N) is 1. The highest BCUT2D eigenvalue weighted by Crippen LogP contribution is 2.16. The second-order valence-corrected chi connectivity index (χ2v) is 5.77. The van der Waals surface area contributed by atoms with Crippen LogP contribution < -0.4 is 10.5 Å². The van der Waals surface area contributed by atoms with E-state index >= 15 is 0 Å². The molecule has 0 unspecified atom stereocenters. The number of nitrogens with one attached hydrogen (secondary N) is 1. The Bertz CT molecular complexity index is 460. The Hall–Kier alpha value is -0.620. The summed E-state index contributed by atoms with van der Waals surface area (Å²) in [5, 5.41) is 8.57. The average Bonchev–Trinajstić information content (AvgIpc) is 2.17. The van der Waals surface area contributed by atoms with E-state index in [0.717, 1.165) is 11.1 Å². The van der Waals surface area contributed by atoms with Crippen molar-refractivity contribution < 1.29 is 8.42 Å². The molecule has 0 fully saturated rings. The van der Waals surface area contributed by atoms with Gasteiger partial charge in [0, 0.05) is 18.1 Å². The molecule has 0 aliphatic carbocycles. The lowest BCUT2D eigenvalue weighted by molar-refractivity contribution is 0.592. The zero-order chi connectivity index (χ0) is 12.2. The molecule has 0 amide bonds. The standard InChI is InChI=1S/C10H15ClN2O2S/c1-8-2-3-9(6-10(8)11)7-13-4-5-16(12,14)15/h2-3,6,13H,4-5,7H2,1H3,(H2,12,14,15). The van der Waals surface area contributed by atoms with Crippen LogP contribution in [0.3, 0.4) is 0 Å². The summed E-state index contributed by atoms with van der Waals surface area (Å²) in [6.45, 7) is 2.85. The first kappa shape index (κ1) is 13.4. The summed E-state index contributed by atoms with van der Waals surface area (Å²) < 4.78 is 21.3. The predicted octanol–water partition coefficient (Wildman–Crippen LogP) is 1.03. The van der Waals surface area contributed by atoms with Gasteiger partial charge in [0.25, 0.3) is 0 Å². The van der Waals surface area contributed by atoms with Gasteiger partial charge in [-0.2, -0.15) is 0 Å². The Balaban J connectivity index is 2.41. The van der Waals surface area contributed by atoms with E-state index in [9.17, 15) is 8.42 Å². The number of sulfonamides is 1. The molecule has 0 aromatic heterocycles. The van der Waals surface area contributed by atoms with Gasteiger partial charge in [-0.25, -0.2) is 13.6 Å². The third-order valence-electron chi connectivity index (χ3n) is 2.13. The van der Waals surface area contributed by atoms with Crippen LogP contribution >= 0.6 is 11.6 Å². The van der Waals surface area contributed by atoms with E-state index in [0.29, 0.717) is 18.1 Å². The Morgan fingerprint density at radius 3 is 2.69 bits per heavy atom. The minimum absolute atomic E-state index is 0.0629. The number of hydrogen-bond donors (Lipinski definition) is 2. The fraction of sp³-hybridized carbons (Fsp3) is 0.400. The topological polar surface area (TPSA) is 72.2 Å². The van der Waals surface area contributed by atoms with Crippen molar-refractivity contribution in [2.24, 2.45) is 5.14 Å². The van der Waals surface area contributed by atoms with Gasteiger partial charge in [0.2, 0.25) is 10.0 Å². The van der Waals surface area contributed by atoms with Crippen molar-refractivity contribution in [3.05, 3.63) is 34.3 Å². The third-order valence-corrected chi connectivity index (χ3v) is 3.31. The van der Waals surface area contributed by atoms with Crippen LogP contribution in [0.15, 0.2) is 18.2 Å². The molecule has 3 N–H and O–H groups in total. The molecule has 0 aliphatic rings. The molecular formula is C10H15ClN2O2S. The predicted molar refractivity (Wildman–Crippen MR) is 65.9 cm³/mol. The second kappa shape index (κ2) is 5.63. The molecule has 0 radical (unpaired) electrons. The zero-order valence-corrected chi connectivity index (χ0v) is 10.6. The molecule has 1 aromatic carbocycles. The van der Waals surface area contributed by atoms with E-state index in [2.05, 4.69) is 5.32 Å². The molecule has 90 valence electrons. The molecule has 0 aliphatic heterocycles. The van der Waals surface area contributed by atoms with Crippen molar-refractivity contribution >= 4 is 21.6 Å². The third kappa shape index (κ3) is 4.94. The van der Waals surface area contributed by atoms with E-state index in [1.807, 2.05) is 25.1 Å². The largest absolute Gasteiger partial charge is 0.312 e. The van der Waals surface area contributed by atoms with Gasteiger partial charge in [0.15, 0.2) is 0 Å². The summed E-state index contributed by atoms with van der Waals surface area (Å²) >= 11 is 5.96. The van der Waals surface area contributed by atoms with Gasteiger partial charge in [-0.1, -0.05) is 23.7 Å². The maximum atomic E-state index is 10.7. The van der Waals surface area contributed by atoms with E-state index in [-0.39, 0.29) is 5.75 Å². The number of benzene rings is 1. The Kier molecular flexibility index (Phi) is 4.73. The van der Waals surface area contributed by atoms with Gasteiger partial charge in [-0.3, -0.25) is 0 Å². The molecule has 0 bridgehead atoms. The number of aryl methyl sites for hydroxylation is 1. The van der Waals surface area contributed by atoms with Crippen molar-refractivity contribution in [1.29, 1.82) is 0 Å². The lowest BCUT2D eigenvalue weighted by Gasteiger charge is -2.05. The van der Waals surface area contributed by atoms with Crippen molar-refractivity contribution in [3.8, 4) is 0 Å². The maximum absolute atomic E-state index is 10.7. The highest BCUT2D eigenvalue weighted by atomic mass is 35.5. The van der Waals surface area contributed by atoms with Gasteiger partial charge < -0.3 is 5.32 Å². The quantitative estimate of drug-likeness (QED) is 0.779. The smallest absolute Gasteiger partial charge is 0.210 e. The number of primary sulfonamides is 1. The Labute approximate surface area is 101 Å². The minimum atomic E-state index is -3.38. The van der Waals surface area contributed by atoms with Gasteiger partial charge in [-0.15, -0.1) is 0 Å². The van der Waals surface area contributed by atoms with Gasteiger partial charge in [0.1, 0.15) is 0 Å². The summed E-state index contributed by atoms with van der Waals surface area (Å²) in [4.78, 5) is 0. The fourth-order valence-corrected chi connectivity index (χ4v) is 1.83. The lowest BCUT2D eigenvalue weighted by Crippen LogP contribution is -2.26. The van der Waals surface area contributed by atoms with Crippen molar-refractivity contribution in [1.82, 2.24) is 5.32 Å². The van der Waals surface area contributed by atoms with Crippen LogP contribution in [-0.2, 0) is 16.6 Å². The second-order valence-electron chi connectivity index (χ2n) is 3.63. The molecular weight excluding hydrogens is 248 g/mol. The summed E-state index contributed by atoms with van der Waals surface area (Å²) in [6, 6.07) is 5.74. The number of rotatable bonds is 5. The normalized spacial score (nSPS) is 11.7. The summed E-state index contributed by atoms with van der Waals surface area (Å²) in [5.41, 5.74) is 2.04. The van der Waals surface area contributed by atoms with Crippen LogP contribution in [0.2, 0.25) is 5.02 Å². The number of hydrogen-bond acceptors (Lipinski definition) is 3. The fourth-order valence-electron chi connectivity index (χ4n) is 1.19. The SMILES string of the molecule is Cc1ccc(CNCCS(N)(=O)=O)cc1Cl. The molecule has 4 nitrogen and oxygen atoms in total. The van der Waals surface area contributed by atoms with E-state index in [1.165, 1.54) is 0 Å². The van der Waals surface area contributed by atoms with Gasteiger partial charge in [0.05, 0.1) is 5.75 Å². The summed E-state index contributed by atoms with van der Waals surface area (Å²) in [7, 11) is -3.38. The van der Waals surface area contributed by atoms with Crippen molar-refractivity contribution in [2.45, 2.75) is 13.5 Å². The minimum Gasteiger partial charge on any atom is -0.312 e. The van der Waals surface area contributed by atoms with Crippen molar-refractivity contribution in [3.63, 3.8) is 0 Å². The van der Waals surface area contributed by atoms with Crippen molar-refractivity contribution in [2.75, 3.05) is 12.3 Å². The maximum Gasteiger partial charge on any atom is 0.210 e. The molecule has 6 heteroatoms. The number of halogens is 1. The Morgan fingerprint density at radius 1 is 1.44 bits per heavy atom. The highest BCUT2D eigenvalue weighted by Gasteiger charge is 2.02. The molecule has 0 heterocycles. The van der Waals surface area contributed by atoms with Gasteiger partial charge in [-0.05, 0) is 24.1 Å².